The summed E-state index contributed by atoms with van der Waals surface area (Å²) in [4.78, 5) is 4.71. The van der Waals surface area contributed by atoms with E-state index < -0.39 is 11.7 Å². The van der Waals surface area contributed by atoms with Crippen molar-refractivity contribution in [2.45, 2.75) is 32.4 Å². The number of hydrogen-bond donors (Lipinski definition) is 0. The molecule has 3 aromatic carbocycles. The van der Waals surface area contributed by atoms with Crippen molar-refractivity contribution in [3.05, 3.63) is 96.1 Å². The van der Waals surface area contributed by atoms with Crippen LogP contribution in [-0.4, -0.2) is 21.9 Å². The Bertz CT molecular complexity index is 1550. The van der Waals surface area contributed by atoms with E-state index in [2.05, 4.69) is 20.8 Å². The summed E-state index contributed by atoms with van der Waals surface area (Å²) in [5.41, 5.74) is 2.56. The number of alkyl halides is 3. The molecule has 2 heterocycles. The van der Waals surface area contributed by atoms with Crippen LogP contribution in [-0.2, 0) is 11.6 Å². The molecule has 0 aliphatic heterocycles. The predicted molar refractivity (Wildman–Crippen MR) is 140 cm³/mol. The third-order valence-electron chi connectivity index (χ3n) is 6.35. The lowest BCUT2D eigenvalue weighted by molar-refractivity contribution is -0.136. The second-order valence-corrected chi connectivity index (χ2v) is 9.90. The summed E-state index contributed by atoms with van der Waals surface area (Å²) < 4.78 is 50.4. The van der Waals surface area contributed by atoms with Gasteiger partial charge in [-0.15, -0.1) is 0 Å². The van der Waals surface area contributed by atoms with Gasteiger partial charge in [0, 0.05) is 11.1 Å². The van der Waals surface area contributed by atoms with Gasteiger partial charge in [0.1, 0.15) is 11.4 Å². The number of rotatable bonds is 4. The van der Waals surface area contributed by atoms with Crippen LogP contribution >= 0.6 is 0 Å². The molecule has 0 atom stereocenters. The molecule has 0 N–H and O–H groups in total. The molecule has 0 aliphatic rings. The van der Waals surface area contributed by atoms with Crippen molar-refractivity contribution >= 4 is 11.0 Å². The first-order chi connectivity index (χ1) is 17.6. The Labute approximate surface area is 213 Å². The molecule has 5 aromatic rings. The largest absolute Gasteiger partial charge is 0.497 e. The van der Waals surface area contributed by atoms with Crippen molar-refractivity contribution in [3.8, 4) is 34.0 Å². The van der Waals surface area contributed by atoms with Crippen molar-refractivity contribution in [1.29, 1.82) is 0 Å². The van der Waals surface area contributed by atoms with Gasteiger partial charge < -0.3 is 4.74 Å². The summed E-state index contributed by atoms with van der Waals surface area (Å²) in [6, 6.07) is 24.5. The average Bonchev–Trinajstić information content (AvgIpc) is 3.27. The first kappa shape index (κ1) is 24.6. The van der Waals surface area contributed by atoms with Gasteiger partial charge in [-0.25, -0.2) is 9.67 Å². The molecule has 37 heavy (non-hydrogen) atoms. The highest BCUT2D eigenvalue weighted by molar-refractivity contribution is 5.96. The molecular formula is C30H26F3N3O. The molecular weight excluding hydrogens is 475 g/mol. The monoisotopic (exact) mass is 501 g/mol. The first-order valence-corrected chi connectivity index (χ1v) is 11.9. The number of benzene rings is 3. The van der Waals surface area contributed by atoms with Crippen LogP contribution in [0.2, 0.25) is 0 Å². The van der Waals surface area contributed by atoms with Gasteiger partial charge in [0.25, 0.3) is 0 Å². The second-order valence-electron chi connectivity index (χ2n) is 9.90. The fourth-order valence-corrected chi connectivity index (χ4v) is 4.33. The quantitative estimate of drug-likeness (QED) is 0.250. The predicted octanol–water partition coefficient (Wildman–Crippen LogP) is 8.08. The zero-order valence-corrected chi connectivity index (χ0v) is 21.0. The van der Waals surface area contributed by atoms with E-state index in [1.54, 1.807) is 36.4 Å². The molecule has 0 saturated heterocycles. The van der Waals surface area contributed by atoms with E-state index in [1.165, 1.54) is 11.8 Å². The topological polar surface area (TPSA) is 39.9 Å². The summed E-state index contributed by atoms with van der Waals surface area (Å²) >= 11 is 0. The van der Waals surface area contributed by atoms with Crippen molar-refractivity contribution in [3.63, 3.8) is 0 Å². The Morgan fingerprint density at radius 1 is 0.784 bits per heavy atom. The number of halogens is 3. The zero-order valence-electron chi connectivity index (χ0n) is 21.0. The van der Waals surface area contributed by atoms with Gasteiger partial charge in [0.05, 0.1) is 29.4 Å². The smallest absolute Gasteiger partial charge is 0.417 e. The van der Waals surface area contributed by atoms with Crippen molar-refractivity contribution < 1.29 is 17.9 Å². The van der Waals surface area contributed by atoms with Gasteiger partial charge in [0.2, 0.25) is 0 Å². The third-order valence-corrected chi connectivity index (χ3v) is 6.35. The number of para-hydroxylation sites is 1. The van der Waals surface area contributed by atoms with Crippen LogP contribution in [0.5, 0.6) is 5.75 Å². The molecule has 5 rings (SSSR count). The van der Waals surface area contributed by atoms with Crippen molar-refractivity contribution in [2.75, 3.05) is 7.11 Å². The van der Waals surface area contributed by atoms with Crippen LogP contribution in [0.3, 0.4) is 0 Å². The van der Waals surface area contributed by atoms with Gasteiger partial charge in [-0.2, -0.15) is 18.3 Å². The van der Waals surface area contributed by atoms with Crippen LogP contribution in [0, 0.1) is 0 Å². The van der Waals surface area contributed by atoms with E-state index in [9.17, 15) is 13.2 Å². The number of aromatic nitrogens is 3. The molecule has 188 valence electrons. The van der Waals surface area contributed by atoms with Gasteiger partial charge >= 0.3 is 6.18 Å². The summed E-state index contributed by atoms with van der Waals surface area (Å²) in [5, 5.41) is 4.66. The van der Waals surface area contributed by atoms with Gasteiger partial charge in [0.15, 0.2) is 5.65 Å². The summed E-state index contributed by atoms with van der Waals surface area (Å²) in [7, 11) is 1.54. The lowest BCUT2D eigenvalue weighted by Gasteiger charge is -2.19. The minimum Gasteiger partial charge on any atom is -0.497 e. The summed E-state index contributed by atoms with van der Waals surface area (Å²) in [5.74, 6) is 0.608. The maximum Gasteiger partial charge on any atom is 0.417 e. The standard InChI is InChI=1S/C30H26F3N3O/c1-29(2,3)21-14-10-20(11-15-21)27-26-24(30(31,32)33)18-25(19-12-16-23(37-4)17-13-19)34-28(26)36(35-27)22-8-6-5-7-9-22/h5-18H,1-4H3. The Hall–Kier alpha value is -4.13. The lowest BCUT2D eigenvalue weighted by Crippen LogP contribution is -2.10. The summed E-state index contributed by atoms with van der Waals surface area (Å²) in [6.45, 7) is 6.27. The molecule has 0 spiro atoms. The van der Waals surface area contributed by atoms with Gasteiger partial charge in [-0.1, -0.05) is 63.2 Å². The van der Waals surface area contributed by atoms with E-state index in [0.717, 1.165) is 11.6 Å². The van der Waals surface area contributed by atoms with Crippen LogP contribution in [0.15, 0.2) is 84.9 Å². The number of hydrogen-bond acceptors (Lipinski definition) is 3. The Kier molecular flexibility index (Phi) is 6.02. The minimum atomic E-state index is -4.62. The number of methoxy groups -OCH3 is 1. The molecule has 0 bridgehead atoms. The zero-order chi connectivity index (χ0) is 26.4. The van der Waals surface area contributed by atoms with Crippen molar-refractivity contribution in [1.82, 2.24) is 14.8 Å². The van der Waals surface area contributed by atoms with E-state index in [0.29, 0.717) is 22.6 Å². The fraction of sp³-hybridized carbons (Fsp3) is 0.200. The Morgan fingerprint density at radius 2 is 1.41 bits per heavy atom. The Balaban J connectivity index is 1.82. The van der Waals surface area contributed by atoms with Gasteiger partial charge in [-0.05, 0) is 53.4 Å². The molecule has 7 heteroatoms. The van der Waals surface area contributed by atoms with Crippen molar-refractivity contribution in [2.24, 2.45) is 0 Å². The molecule has 4 nitrogen and oxygen atoms in total. The lowest BCUT2D eigenvalue weighted by atomic mass is 9.86. The van der Waals surface area contributed by atoms with E-state index in [-0.39, 0.29) is 27.8 Å². The fourth-order valence-electron chi connectivity index (χ4n) is 4.33. The molecule has 0 aliphatic carbocycles. The Morgan fingerprint density at radius 3 is 1.97 bits per heavy atom. The molecule has 0 unspecified atom stereocenters. The molecule has 2 aromatic heterocycles. The maximum absolute atomic E-state index is 14.6. The summed E-state index contributed by atoms with van der Waals surface area (Å²) in [6.07, 6.45) is -4.62. The molecule has 0 saturated carbocycles. The van der Waals surface area contributed by atoms with Crippen LogP contribution in [0.25, 0.3) is 39.2 Å². The second kappa shape index (κ2) is 9.07. The molecule has 0 radical (unpaired) electrons. The highest BCUT2D eigenvalue weighted by Crippen LogP contribution is 2.42. The third kappa shape index (κ3) is 4.69. The average molecular weight is 502 g/mol. The van der Waals surface area contributed by atoms with E-state index in [1.807, 2.05) is 42.5 Å². The SMILES string of the molecule is COc1ccc(-c2cc(C(F)(F)F)c3c(-c4ccc(C(C)(C)C)cc4)nn(-c4ccccc4)c3n2)cc1. The number of ether oxygens (including phenoxy) is 1. The maximum atomic E-state index is 14.6. The first-order valence-electron chi connectivity index (χ1n) is 11.9. The minimum absolute atomic E-state index is 0.0304. The number of pyridine rings is 1. The van der Waals surface area contributed by atoms with Crippen LogP contribution in [0.4, 0.5) is 13.2 Å². The highest BCUT2D eigenvalue weighted by Gasteiger charge is 2.36. The van der Waals surface area contributed by atoms with Gasteiger partial charge in [-0.3, -0.25) is 0 Å². The number of fused-ring (bicyclic) bond motifs is 1. The highest BCUT2D eigenvalue weighted by atomic mass is 19.4. The van der Waals surface area contributed by atoms with E-state index in [4.69, 9.17) is 14.8 Å². The normalized spacial score (nSPS) is 12.2. The van der Waals surface area contributed by atoms with E-state index >= 15 is 0 Å². The number of nitrogens with zero attached hydrogens (tertiary/aromatic N) is 3. The molecule has 0 fully saturated rings. The molecule has 0 amide bonds. The van der Waals surface area contributed by atoms with Crippen LogP contribution in [0.1, 0.15) is 31.9 Å². The van der Waals surface area contributed by atoms with Crippen LogP contribution < -0.4 is 4.74 Å².